The Morgan fingerprint density at radius 3 is 2.75 bits per heavy atom. The van der Waals surface area contributed by atoms with Gasteiger partial charge in [0.1, 0.15) is 18.0 Å². The van der Waals surface area contributed by atoms with Gasteiger partial charge in [0.2, 0.25) is 5.91 Å². The Kier molecular flexibility index (Phi) is 6.63. The lowest BCUT2D eigenvalue weighted by molar-refractivity contribution is -0.128. The fraction of sp³-hybridized carbons (Fsp3) is 0.258. The third-order valence-electron chi connectivity index (χ3n) is 7.71. The summed E-state index contributed by atoms with van der Waals surface area (Å²) in [7, 11) is 2.01. The standard InChI is InChI=1S/C31H32N8O/c1-5-30(40)39-11-10-38(17-21(39)3)29-15-25-27(16-32-29)33-18-34-31(25)36-24-8-7-23(20(2)12-24)13-22-6-9-28-26(14-22)35-19-37(28)4/h5-9,12,14-16,18-19,21H,1,10-11,13,17H2,2-4H3,(H,33,34,36)/t21-/m1/s1. The molecule has 0 bridgehead atoms. The van der Waals surface area contributed by atoms with Crippen LogP contribution >= 0.6 is 0 Å². The molecule has 1 amide bonds. The average Bonchev–Trinajstić information content (AvgIpc) is 3.33. The second kappa shape index (κ2) is 10.4. The number of fused-ring (bicyclic) bond motifs is 2. The van der Waals surface area contributed by atoms with Gasteiger partial charge in [0, 0.05) is 43.8 Å². The number of hydrogen-bond acceptors (Lipinski definition) is 7. The minimum Gasteiger partial charge on any atom is -0.353 e. The molecule has 6 rings (SSSR count). The van der Waals surface area contributed by atoms with Gasteiger partial charge in [-0.1, -0.05) is 18.7 Å². The normalized spacial score (nSPS) is 15.5. The summed E-state index contributed by atoms with van der Waals surface area (Å²) in [5, 5.41) is 4.40. The Balaban J connectivity index is 1.21. The quantitative estimate of drug-likeness (QED) is 0.315. The van der Waals surface area contributed by atoms with Gasteiger partial charge in [-0.3, -0.25) is 4.79 Å². The maximum Gasteiger partial charge on any atom is 0.246 e. The first kappa shape index (κ1) is 25.5. The summed E-state index contributed by atoms with van der Waals surface area (Å²) in [6.45, 7) is 9.84. The first-order chi connectivity index (χ1) is 19.4. The molecule has 0 spiro atoms. The highest BCUT2D eigenvalue weighted by Gasteiger charge is 2.27. The Morgan fingerprint density at radius 1 is 1.07 bits per heavy atom. The van der Waals surface area contributed by atoms with Crippen molar-refractivity contribution in [1.29, 1.82) is 0 Å². The van der Waals surface area contributed by atoms with E-state index in [9.17, 15) is 4.79 Å². The number of aromatic nitrogens is 5. The molecule has 1 aliphatic rings. The van der Waals surface area contributed by atoms with E-state index < -0.39 is 0 Å². The van der Waals surface area contributed by atoms with E-state index in [1.54, 1.807) is 12.5 Å². The van der Waals surface area contributed by atoms with Gasteiger partial charge in [0.25, 0.3) is 0 Å². The third-order valence-corrected chi connectivity index (χ3v) is 7.71. The minimum absolute atomic E-state index is 0.0332. The summed E-state index contributed by atoms with van der Waals surface area (Å²) in [4.78, 5) is 34.4. The van der Waals surface area contributed by atoms with E-state index in [0.29, 0.717) is 19.6 Å². The van der Waals surface area contributed by atoms with Gasteiger partial charge in [0.15, 0.2) is 0 Å². The molecule has 4 heterocycles. The number of anilines is 3. The van der Waals surface area contributed by atoms with E-state index in [0.717, 1.165) is 45.7 Å². The fourth-order valence-corrected chi connectivity index (χ4v) is 5.45. The Hall–Kier alpha value is -4.79. The zero-order chi connectivity index (χ0) is 27.8. The van der Waals surface area contributed by atoms with E-state index in [-0.39, 0.29) is 11.9 Å². The Labute approximate surface area is 233 Å². The van der Waals surface area contributed by atoms with Crippen molar-refractivity contribution in [3.05, 3.63) is 90.7 Å². The molecule has 1 atom stereocenters. The second-order valence-electron chi connectivity index (χ2n) is 10.4. The number of carbonyl (C=O) groups excluding carboxylic acids is 1. The molecule has 9 nitrogen and oxygen atoms in total. The summed E-state index contributed by atoms with van der Waals surface area (Å²) in [6.07, 6.45) is 7.42. The molecule has 40 heavy (non-hydrogen) atoms. The number of aryl methyl sites for hydroxylation is 2. The van der Waals surface area contributed by atoms with Gasteiger partial charge in [0.05, 0.1) is 29.1 Å². The molecule has 5 aromatic rings. The molecule has 1 aliphatic heterocycles. The fourth-order valence-electron chi connectivity index (χ4n) is 5.45. The smallest absolute Gasteiger partial charge is 0.246 e. The first-order valence-corrected chi connectivity index (χ1v) is 13.4. The van der Waals surface area contributed by atoms with Crippen LogP contribution in [-0.4, -0.2) is 61.0 Å². The molecule has 3 aromatic heterocycles. The number of benzene rings is 2. The lowest BCUT2D eigenvalue weighted by atomic mass is 9.99. The molecule has 1 fully saturated rings. The lowest BCUT2D eigenvalue weighted by Crippen LogP contribution is -2.53. The van der Waals surface area contributed by atoms with Gasteiger partial charge < -0.3 is 19.7 Å². The zero-order valence-electron chi connectivity index (χ0n) is 23.0. The molecule has 9 heteroatoms. The molecule has 202 valence electrons. The zero-order valence-corrected chi connectivity index (χ0v) is 23.0. The maximum absolute atomic E-state index is 12.1. The van der Waals surface area contributed by atoms with Gasteiger partial charge in [-0.25, -0.2) is 19.9 Å². The molecule has 0 saturated carbocycles. The Bertz CT molecular complexity index is 1740. The molecule has 2 aromatic carbocycles. The number of carbonyl (C=O) groups is 1. The predicted molar refractivity (Wildman–Crippen MR) is 159 cm³/mol. The van der Waals surface area contributed by atoms with E-state index in [2.05, 4.69) is 80.1 Å². The number of hydrogen-bond donors (Lipinski definition) is 1. The van der Waals surface area contributed by atoms with E-state index in [1.807, 2.05) is 35.8 Å². The first-order valence-electron chi connectivity index (χ1n) is 13.4. The number of nitrogens with one attached hydrogen (secondary N) is 1. The van der Waals surface area contributed by atoms with Crippen molar-refractivity contribution in [2.75, 3.05) is 29.9 Å². The molecule has 0 radical (unpaired) electrons. The van der Waals surface area contributed by atoms with Crippen molar-refractivity contribution in [2.24, 2.45) is 7.05 Å². The highest BCUT2D eigenvalue weighted by atomic mass is 16.2. The van der Waals surface area contributed by atoms with Crippen LogP contribution in [0.2, 0.25) is 0 Å². The van der Waals surface area contributed by atoms with Crippen molar-refractivity contribution in [3.8, 4) is 0 Å². The minimum atomic E-state index is -0.0332. The third kappa shape index (κ3) is 4.86. The molecular weight excluding hydrogens is 500 g/mol. The Morgan fingerprint density at radius 2 is 1.95 bits per heavy atom. The molecule has 0 aliphatic carbocycles. The number of rotatable bonds is 6. The van der Waals surface area contributed by atoms with Gasteiger partial charge in [-0.2, -0.15) is 0 Å². The monoisotopic (exact) mass is 532 g/mol. The number of amides is 1. The summed E-state index contributed by atoms with van der Waals surface area (Å²) in [6, 6.07) is 15.0. The summed E-state index contributed by atoms with van der Waals surface area (Å²) in [5.74, 6) is 1.54. The predicted octanol–water partition coefficient (Wildman–Crippen LogP) is 4.78. The molecular formula is C31H32N8O. The summed E-state index contributed by atoms with van der Waals surface area (Å²) >= 11 is 0. The van der Waals surface area contributed by atoms with Crippen molar-refractivity contribution in [1.82, 2.24) is 29.4 Å². The lowest BCUT2D eigenvalue weighted by Gasteiger charge is -2.40. The van der Waals surface area contributed by atoms with Gasteiger partial charge in [-0.05, 0) is 73.4 Å². The van der Waals surface area contributed by atoms with Crippen LogP contribution in [0.4, 0.5) is 17.3 Å². The van der Waals surface area contributed by atoms with Crippen LogP contribution in [0, 0.1) is 6.92 Å². The topological polar surface area (TPSA) is 92.1 Å². The van der Waals surface area contributed by atoms with Crippen LogP contribution in [0.15, 0.2) is 74.0 Å². The average molecular weight is 533 g/mol. The van der Waals surface area contributed by atoms with Crippen LogP contribution in [0.25, 0.3) is 21.9 Å². The van der Waals surface area contributed by atoms with E-state index >= 15 is 0 Å². The highest BCUT2D eigenvalue weighted by molar-refractivity contribution is 5.92. The van der Waals surface area contributed by atoms with Crippen molar-refractivity contribution in [2.45, 2.75) is 26.3 Å². The largest absolute Gasteiger partial charge is 0.353 e. The molecule has 1 saturated heterocycles. The molecule has 1 N–H and O–H groups in total. The van der Waals surface area contributed by atoms with E-state index in [1.165, 1.54) is 22.8 Å². The number of imidazole rings is 1. The maximum atomic E-state index is 12.1. The van der Waals surface area contributed by atoms with Gasteiger partial charge in [-0.15, -0.1) is 0 Å². The van der Waals surface area contributed by atoms with Crippen molar-refractivity contribution < 1.29 is 4.79 Å². The summed E-state index contributed by atoms with van der Waals surface area (Å²) in [5.41, 5.74) is 7.59. The summed E-state index contributed by atoms with van der Waals surface area (Å²) < 4.78 is 2.04. The van der Waals surface area contributed by atoms with Crippen LogP contribution in [0.5, 0.6) is 0 Å². The van der Waals surface area contributed by atoms with Gasteiger partial charge >= 0.3 is 0 Å². The van der Waals surface area contributed by atoms with Crippen LogP contribution in [0.1, 0.15) is 23.6 Å². The van der Waals surface area contributed by atoms with Crippen LogP contribution < -0.4 is 10.2 Å². The number of nitrogens with zero attached hydrogens (tertiary/aromatic N) is 7. The van der Waals surface area contributed by atoms with Crippen molar-refractivity contribution >= 4 is 45.2 Å². The SMILES string of the molecule is C=CC(=O)N1CCN(c2cc3c(Nc4ccc(Cc5ccc6c(c5)ncn6C)c(C)c4)ncnc3cn2)C[C@H]1C. The number of pyridine rings is 1. The highest BCUT2D eigenvalue weighted by Crippen LogP contribution is 2.28. The van der Waals surface area contributed by atoms with Crippen LogP contribution in [0.3, 0.4) is 0 Å². The molecule has 0 unspecified atom stereocenters. The second-order valence-corrected chi connectivity index (χ2v) is 10.4. The van der Waals surface area contributed by atoms with Crippen LogP contribution in [-0.2, 0) is 18.3 Å². The van der Waals surface area contributed by atoms with Crippen molar-refractivity contribution in [3.63, 3.8) is 0 Å². The van der Waals surface area contributed by atoms with E-state index in [4.69, 9.17) is 0 Å². The number of piperazine rings is 1.